The van der Waals surface area contributed by atoms with Gasteiger partial charge in [-0.15, -0.1) is 0 Å². The molecular formula is C30H40O5. The summed E-state index contributed by atoms with van der Waals surface area (Å²) < 4.78 is 22.9. The Kier molecular flexibility index (Phi) is 11.4. The lowest BCUT2D eigenvalue weighted by molar-refractivity contribution is 0.306. The van der Waals surface area contributed by atoms with Crippen molar-refractivity contribution in [2.24, 2.45) is 0 Å². The monoisotopic (exact) mass is 480 g/mol. The lowest BCUT2D eigenvalue weighted by atomic mass is 10.1. The normalized spacial score (nSPS) is 11.9. The van der Waals surface area contributed by atoms with Gasteiger partial charge in [-0.2, -0.15) is 0 Å². The lowest BCUT2D eigenvalue weighted by Crippen LogP contribution is -2.10. The van der Waals surface area contributed by atoms with E-state index in [2.05, 4.69) is 59.8 Å². The molecule has 0 spiro atoms. The summed E-state index contributed by atoms with van der Waals surface area (Å²) in [7, 11) is 1.52. The van der Waals surface area contributed by atoms with Crippen LogP contribution in [0.3, 0.4) is 0 Å². The summed E-state index contributed by atoms with van der Waals surface area (Å²) in [6, 6.07) is 5.47. The molecule has 2 rings (SSSR count). The van der Waals surface area contributed by atoms with Crippen LogP contribution in [0, 0.1) is 0 Å². The molecule has 0 radical (unpaired) electrons. The highest BCUT2D eigenvalue weighted by Gasteiger charge is 2.19. The van der Waals surface area contributed by atoms with E-state index < -0.39 is 5.63 Å². The van der Waals surface area contributed by atoms with Crippen LogP contribution in [-0.2, 0) is 0 Å². The van der Waals surface area contributed by atoms with Crippen molar-refractivity contribution in [3.63, 3.8) is 0 Å². The molecule has 1 aromatic carbocycles. The first-order valence-electron chi connectivity index (χ1n) is 12.2. The topological polar surface area (TPSA) is 57.9 Å². The third-order valence-electron chi connectivity index (χ3n) is 5.53. The molecule has 0 atom stereocenters. The summed E-state index contributed by atoms with van der Waals surface area (Å²) in [5.74, 6) is 0.916. The highest BCUT2D eigenvalue weighted by Crippen LogP contribution is 2.36. The second-order valence-electron chi connectivity index (χ2n) is 9.25. The smallest absolute Gasteiger partial charge is 0.383 e. The first-order valence-corrected chi connectivity index (χ1v) is 12.2. The zero-order valence-corrected chi connectivity index (χ0v) is 22.3. The van der Waals surface area contributed by atoms with Crippen molar-refractivity contribution < 1.29 is 18.6 Å². The minimum absolute atomic E-state index is 0.0699. The Labute approximate surface area is 209 Å². The maximum Gasteiger partial charge on any atom is 0.383 e. The van der Waals surface area contributed by atoms with Gasteiger partial charge >= 0.3 is 5.63 Å². The van der Waals surface area contributed by atoms with E-state index in [0.29, 0.717) is 29.1 Å². The van der Waals surface area contributed by atoms with E-state index in [1.54, 1.807) is 6.07 Å². The van der Waals surface area contributed by atoms with Crippen molar-refractivity contribution in [3.05, 3.63) is 75.2 Å². The Hall–Kier alpha value is -3.21. The minimum atomic E-state index is -0.588. The van der Waals surface area contributed by atoms with Crippen molar-refractivity contribution in [3.8, 4) is 17.2 Å². The summed E-state index contributed by atoms with van der Waals surface area (Å²) in [5.41, 5.74) is 4.85. The Morgan fingerprint density at radius 3 is 1.91 bits per heavy atom. The van der Waals surface area contributed by atoms with Crippen LogP contribution in [0.5, 0.6) is 17.2 Å². The maximum absolute atomic E-state index is 12.8. The van der Waals surface area contributed by atoms with E-state index in [1.165, 1.54) is 29.4 Å². The van der Waals surface area contributed by atoms with Gasteiger partial charge in [-0.3, -0.25) is 0 Å². The number of methoxy groups -OCH3 is 1. The van der Waals surface area contributed by atoms with Crippen molar-refractivity contribution in [2.45, 2.75) is 67.2 Å². The Balaban J connectivity index is 2.16. The predicted octanol–water partition coefficient (Wildman–Crippen LogP) is 7.94. The van der Waals surface area contributed by atoms with Gasteiger partial charge in [0.2, 0.25) is 5.75 Å². The molecule has 0 aliphatic heterocycles. The second-order valence-corrected chi connectivity index (χ2v) is 9.25. The van der Waals surface area contributed by atoms with Gasteiger partial charge in [0.15, 0.2) is 17.1 Å². The quantitative estimate of drug-likeness (QED) is 0.215. The summed E-state index contributed by atoms with van der Waals surface area (Å²) >= 11 is 0. The fraction of sp³-hybridized carbons (Fsp3) is 0.433. The predicted molar refractivity (Wildman–Crippen MR) is 145 cm³/mol. The summed E-state index contributed by atoms with van der Waals surface area (Å²) in [6.45, 7) is 13.2. The third kappa shape index (κ3) is 9.16. The molecular weight excluding hydrogens is 440 g/mol. The molecule has 0 aliphatic rings. The van der Waals surface area contributed by atoms with Crippen molar-refractivity contribution in [1.29, 1.82) is 0 Å². The number of para-hydroxylation sites is 1. The van der Waals surface area contributed by atoms with Gasteiger partial charge in [-0.1, -0.05) is 40.5 Å². The number of ether oxygens (including phenoxy) is 3. The average molecular weight is 481 g/mol. The molecule has 5 nitrogen and oxygen atoms in total. The van der Waals surface area contributed by atoms with Crippen LogP contribution in [0.25, 0.3) is 11.0 Å². The van der Waals surface area contributed by atoms with Gasteiger partial charge in [0.25, 0.3) is 0 Å². The molecule has 0 N–H and O–H groups in total. The maximum atomic E-state index is 12.8. The van der Waals surface area contributed by atoms with Gasteiger partial charge in [-0.25, -0.2) is 4.79 Å². The van der Waals surface area contributed by atoms with Gasteiger partial charge in [0.1, 0.15) is 13.2 Å². The van der Waals surface area contributed by atoms with E-state index in [4.69, 9.17) is 18.6 Å². The zero-order valence-electron chi connectivity index (χ0n) is 22.3. The zero-order chi connectivity index (χ0) is 25.8. The molecule has 1 heterocycles. The standard InChI is InChI=1S/C30H40O5/c1-21(2)11-8-13-23(5)17-19-33-26-16-10-15-25-27(26)35-30(31)29(28(25)32-7)34-20-18-24(6)14-9-12-22(3)4/h10-12,15-18H,8-9,13-14,19-20H2,1-7H3. The van der Waals surface area contributed by atoms with Crippen LogP contribution in [0.4, 0.5) is 0 Å². The molecule has 1 aromatic heterocycles. The molecule has 0 aliphatic carbocycles. The summed E-state index contributed by atoms with van der Waals surface area (Å²) in [4.78, 5) is 12.8. The fourth-order valence-electron chi connectivity index (χ4n) is 3.52. The van der Waals surface area contributed by atoms with Gasteiger partial charge in [0.05, 0.1) is 12.5 Å². The Morgan fingerprint density at radius 1 is 0.800 bits per heavy atom. The molecule has 0 amide bonds. The van der Waals surface area contributed by atoms with E-state index in [-0.39, 0.29) is 12.4 Å². The van der Waals surface area contributed by atoms with Crippen molar-refractivity contribution >= 4 is 11.0 Å². The third-order valence-corrected chi connectivity index (χ3v) is 5.53. The fourth-order valence-corrected chi connectivity index (χ4v) is 3.52. The molecule has 0 unspecified atom stereocenters. The molecule has 2 aromatic rings. The van der Waals surface area contributed by atoms with E-state index >= 15 is 0 Å². The molecule has 0 saturated carbocycles. The van der Waals surface area contributed by atoms with E-state index in [1.807, 2.05) is 18.2 Å². The number of hydrogen-bond acceptors (Lipinski definition) is 5. The largest absolute Gasteiger partial charge is 0.492 e. The van der Waals surface area contributed by atoms with Gasteiger partial charge in [0, 0.05) is 0 Å². The molecule has 35 heavy (non-hydrogen) atoms. The van der Waals surface area contributed by atoms with Crippen LogP contribution in [0.15, 0.2) is 74.0 Å². The van der Waals surface area contributed by atoms with Crippen LogP contribution in [-0.4, -0.2) is 20.3 Å². The molecule has 0 saturated heterocycles. The number of hydrogen-bond donors (Lipinski definition) is 0. The number of allylic oxidation sites excluding steroid dienone is 6. The van der Waals surface area contributed by atoms with Crippen molar-refractivity contribution in [2.75, 3.05) is 20.3 Å². The van der Waals surface area contributed by atoms with Gasteiger partial charge in [-0.05, 0) is 91.5 Å². The van der Waals surface area contributed by atoms with Crippen LogP contribution >= 0.6 is 0 Å². The van der Waals surface area contributed by atoms with E-state index in [0.717, 1.165) is 25.7 Å². The number of benzene rings is 1. The number of rotatable bonds is 13. The molecule has 0 bridgehead atoms. The Bertz CT molecular complexity index is 1150. The Morgan fingerprint density at radius 2 is 1.37 bits per heavy atom. The number of fused-ring (bicyclic) bond motifs is 1. The average Bonchev–Trinajstić information content (AvgIpc) is 2.79. The van der Waals surface area contributed by atoms with Crippen LogP contribution in [0.1, 0.15) is 67.2 Å². The van der Waals surface area contributed by atoms with Gasteiger partial charge < -0.3 is 18.6 Å². The molecule has 190 valence electrons. The highest BCUT2D eigenvalue weighted by molar-refractivity contribution is 5.89. The molecule has 0 fully saturated rings. The molecule has 5 heteroatoms. The summed E-state index contributed by atoms with van der Waals surface area (Å²) in [5, 5.41) is 0.633. The van der Waals surface area contributed by atoms with Crippen LogP contribution < -0.4 is 19.8 Å². The van der Waals surface area contributed by atoms with E-state index in [9.17, 15) is 4.79 Å². The first-order chi connectivity index (χ1) is 16.7. The second kappa shape index (κ2) is 14.2. The SMILES string of the molecule is COc1c(OCC=C(C)CCC=C(C)C)c(=O)oc2c(OCC=C(C)CCC=C(C)C)cccc12. The highest BCUT2D eigenvalue weighted by atomic mass is 16.5. The first kappa shape index (κ1) is 28.0. The van der Waals surface area contributed by atoms with Crippen molar-refractivity contribution in [1.82, 2.24) is 0 Å². The summed E-state index contributed by atoms with van der Waals surface area (Å²) in [6.07, 6.45) is 12.4. The van der Waals surface area contributed by atoms with Crippen LogP contribution in [0.2, 0.25) is 0 Å². The lowest BCUT2D eigenvalue weighted by Gasteiger charge is -2.13. The minimum Gasteiger partial charge on any atom is -0.492 e.